The Hall–Kier alpha value is -1.35. The Labute approximate surface area is 108 Å². The Balaban J connectivity index is 1.88. The van der Waals surface area contributed by atoms with Gasteiger partial charge in [-0.15, -0.1) is 0 Å². The Kier molecular flexibility index (Phi) is 2.67. The monoisotopic (exact) mass is 244 g/mol. The number of amides is 1. The number of nitrogens with zero attached hydrogens (tertiary/aromatic N) is 1. The molecule has 0 aromatic heterocycles. The standard InChI is InChI=1S/C15H20N2O/c1-3-11-5-7-12(8-6-11)13-16-15(9-10-15)14(18)17(13)4-2/h5-8,13,16H,3-4,9-10H2,1-2H3. The van der Waals surface area contributed by atoms with Crippen molar-refractivity contribution in [1.29, 1.82) is 0 Å². The Morgan fingerprint density at radius 3 is 2.44 bits per heavy atom. The molecule has 0 bridgehead atoms. The summed E-state index contributed by atoms with van der Waals surface area (Å²) in [6.45, 7) is 4.98. The summed E-state index contributed by atoms with van der Waals surface area (Å²) in [5.41, 5.74) is 2.32. The molecule has 1 N–H and O–H groups in total. The van der Waals surface area contributed by atoms with Crippen molar-refractivity contribution in [3.8, 4) is 0 Å². The van der Waals surface area contributed by atoms with Gasteiger partial charge in [-0.2, -0.15) is 0 Å². The van der Waals surface area contributed by atoms with E-state index in [2.05, 4.69) is 36.5 Å². The number of aryl methyl sites for hydroxylation is 1. The van der Waals surface area contributed by atoms with Crippen molar-refractivity contribution in [2.24, 2.45) is 0 Å². The molecular formula is C15H20N2O. The first-order chi connectivity index (χ1) is 8.70. The second-order valence-corrected chi connectivity index (χ2v) is 5.32. The van der Waals surface area contributed by atoms with Gasteiger partial charge >= 0.3 is 0 Å². The molecule has 1 spiro atoms. The molecule has 1 atom stereocenters. The van der Waals surface area contributed by atoms with Crippen LogP contribution in [0.15, 0.2) is 24.3 Å². The molecule has 1 saturated heterocycles. The molecule has 96 valence electrons. The van der Waals surface area contributed by atoms with E-state index in [1.165, 1.54) is 11.1 Å². The van der Waals surface area contributed by atoms with Gasteiger partial charge in [0.05, 0.1) is 0 Å². The van der Waals surface area contributed by atoms with Gasteiger partial charge in [-0.25, -0.2) is 0 Å². The van der Waals surface area contributed by atoms with Crippen LogP contribution in [-0.2, 0) is 11.2 Å². The van der Waals surface area contributed by atoms with Gasteiger partial charge in [0.15, 0.2) is 0 Å². The zero-order chi connectivity index (χ0) is 12.8. The second-order valence-electron chi connectivity index (χ2n) is 5.32. The smallest absolute Gasteiger partial charge is 0.244 e. The van der Waals surface area contributed by atoms with Gasteiger partial charge in [0, 0.05) is 6.54 Å². The third kappa shape index (κ3) is 1.65. The molecule has 1 heterocycles. The Morgan fingerprint density at radius 2 is 1.94 bits per heavy atom. The van der Waals surface area contributed by atoms with Crippen LogP contribution >= 0.6 is 0 Å². The lowest BCUT2D eigenvalue weighted by molar-refractivity contribution is -0.130. The first-order valence-corrected chi connectivity index (χ1v) is 6.88. The van der Waals surface area contributed by atoms with Crippen LogP contribution in [0.2, 0.25) is 0 Å². The number of hydrogen-bond acceptors (Lipinski definition) is 2. The van der Waals surface area contributed by atoms with Crippen molar-refractivity contribution in [3.05, 3.63) is 35.4 Å². The van der Waals surface area contributed by atoms with Gasteiger partial charge in [-0.3, -0.25) is 10.1 Å². The highest BCUT2D eigenvalue weighted by molar-refractivity contribution is 5.92. The van der Waals surface area contributed by atoms with Gasteiger partial charge in [-0.05, 0) is 37.3 Å². The average Bonchev–Trinajstić information content (AvgIpc) is 3.13. The van der Waals surface area contributed by atoms with Crippen LogP contribution in [0.25, 0.3) is 0 Å². The minimum atomic E-state index is -0.218. The molecule has 1 aromatic rings. The second kappa shape index (κ2) is 4.09. The van der Waals surface area contributed by atoms with Gasteiger partial charge < -0.3 is 4.90 Å². The average molecular weight is 244 g/mol. The van der Waals surface area contributed by atoms with Crippen molar-refractivity contribution in [3.63, 3.8) is 0 Å². The summed E-state index contributed by atoms with van der Waals surface area (Å²) in [7, 11) is 0. The molecule has 3 rings (SSSR count). The number of benzene rings is 1. The van der Waals surface area contributed by atoms with Crippen molar-refractivity contribution in [2.75, 3.05) is 6.54 Å². The third-order valence-corrected chi connectivity index (χ3v) is 4.19. The minimum Gasteiger partial charge on any atom is -0.322 e. The maximum atomic E-state index is 12.3. The van der Waals surface area contributed by atoms with E-state index in [1.807, 2.05) is 11.8 Å². The first-order valence-electron chi connectivity index (χ1n) is 6.88. The lowest BCUT2D eigenvalue weighted by Crippen LogP contribution is -2.32. The summed E-state index contributed by atoms with van der Waals surface area (Å²) in [5.74, 6) is 0.287. The van der Waals surface area contributed by atoms with E-state index >= 15 is 0 Å². The third-order valence-electron chi connectivity index (χ3n) is 4.19. The summed E-state index contributed by atoms with van der Waals surface area (Å²) >= 11 is 0. The van der Waals surface area contributed by atoms with E-state index in [9.17, 15) is 4.79 Å². The fourth-order valence-electron chi connectivity index (χ4n) is 2.80. The number of carbonyl (C=O) groups excluding carboxylic acids is 1. The predicted octanol–water partition coefficient (Wildman–Crippen LogP) is 2.23. The Bertz CT molecular complexity index is 462. The molecule has 3 heteroatoms. The number of hydrogen-bond donors (Lipinski definition) is 1. The first kappa shape index (κ1) is 11.7. The number of nitrogens with one attached hydrogen (secondary N) is 1. The van der Waals surface area contributed by atoms with Crippen LogP contribution < -0.4 is 5.32 Å². The highest BCUT2D eigenvalue weighted by Gasteiger charge is 2.58. The molecule has 1 aliphatic heterocycles. The van der Waals surface area contributed by atoms with Gasteiger partial charge in [-0.1, -0.05) is 31.2 Å². The number of carbonyl (C=O) groups is 1. The fourth-order valence-corrected chi connectivity index (χ4v) is 2.80. The normalized spacial score (nSPS) is 24.9. The largest absolute Gasteiger partial charge is 0.322 e. The van der Waals surface area contributed by atoms with Gasteiger partial charge in [0.1, 0.15) is 11.7 Å². The van der Waals surface area contributed by atoms with Crippen molar-refractivity contribution >= 4 is 5.91 Å². The van der Waals surface area contributed by atoms with E-state index in [-0.39, 0.29) is 17.6 Å². The van der Waals surface area contributed by atoms with Crippen LogP contribution in [0.3, 0.4) is 0 Å². The summed E-state index contributed by atoms with van der Waals surface area (Å²) in [4.78, 5) is 14.3. The number of rotatable bonds is 3. The molecule has 1 saturated carbocycles. The molecule has 3 nitrogen and oxygen atoms in total. The lowest BCUT2D eigenvalue weighted by Gasteiger charge is -2.23. The maximum absolute atomic E-state index is 12.3. The van der Waals surface area contributed by atoms with Crippen molar-refractivity contribution in [1.82, 2.24) is 10.2 Å². The van der Waals surface area contributed by atoms with E-state index in [0.29, 0.717) is 0 Å². The zero-order valence-corrected chi connectivity index (χ0v) is 11.1. The molecule has 18 heavy (non-hydrogen) atoms. The molecule has 1 aromatic carbocycles. The van der Waals surface area contributed by atoms with Crippen molar-refractivity contribution in [2.45, 2.75) is 44.8 Å². The molecule has 2 aliphatic rings. The summed E-state index contributed by atoms with van der Waals surface area (Å²) in [6, 6.07) is 8.61. The maximum Gasteiger partial charge on any atom is 0.244 e. The molecule has 1 unspecified atom stereocenters. The molecule has 2 fully saturated rings. The summed E-state index contributed by atoms with van der Waals surface area (Å²) < 4.78 is 0. The van der Waals surface area contributed by atoms with Crippen LogP contribution in [0.5, 0.6) is 0 Å². The van der Waals surface area contributed by atoms with E-state index in [0.717, 1.165) is 25.8 Å². The highest BCUT2D eigenvalue weighted by Crippen LogP contribution is 2.45. The molecular weight excluding hydrogens is 224 g/mol. The van der Waals surface area contributed by atoms with E-state index in [4.69, 9.17) is 0 Å². The minimum absolute atomic E-state index is 0.0657. The molecule has 0 radical (unpaired) electrons. The quantitative estimate of drug-likeness (QED) is 0.884. The Morgan fingerprint density at radius 1 is 1.28 bits per heavy atom. The van der Waals surface area contributed by atoms with Crippen LogP contribution in [0.4, 0.5) is 0 Å². The highest BCUT2D eigenvalue weighted by atomic mass is 16.2. The van der Waals surface area contributed by atoms with Crippen LogP contribution in [0.1, 0.15) is 44.0 Å². The topological polar surface area (TPSA) is 32.3 Å². The summed E-state index contributed by atoms with van der Waals surface area (Å²) in [6.07, 6.45) is 3.10. The lowest BCUT2D eigenvalue weighted by atomic mass is 10.1. The SMILES string of the molecule is CCc1ccc(C2NC3(CC3)C(=O)N2CC)cc1. The van der Waals surface area contributed by atoms with Crippen molar-refractivity contribution < 1.29 is 4.79 Å². The van der Waals surface area contributed by atoms with Crippen LogP contribution in [0, 0.1) is 0 Å². The predicted molar refractivity (Wildman–Crippen MR) is 71.0 cm³/mol. The zero-order valence-electron chi connectivity index (χ0n) is 11.1. The molecule has 1 aliphatic carbocycles. The summed E-state index contributed by atoms with van der Waals surface area (Å²) in [5, 5.41) is 3.52. The van der Waals surface area contributed by atoms with Gasteiger partial charge in [0.2, 0.25) is 5.91 Å². The van der Waals surface area contributed by atoms with Gasteiger partial charge in [0.25, 0.3) is 0 Å². The number of likely N-dealkylation sites (N-methyl/N-ethyl adjacent to an activating group) is 1. The molecule has 1 amide bonds. The van der Waals surface area contributed by atoms with E-state index < -0.39 is 0 Å². The fraction of sp³-hybridized carbons (Fsp3) is 0.533. The van der Waals surface area contributed by atoms with Crippen LogP contribution in [-0.4, -0.2) is 22.9 Å². The van der Waals surface area contributed by atoms with E-state index in [1.54, 1.807) is 0 Å².